The van der Waals surface area contributed by atoms with Gasteiger partial charge in [0.05, 0.1) is 0 Å². The Hall–Kier alpha value is -0.330. The smallest absolute Gasteiger partial charge is 0.129 e. The molecule has 1 heteroatoms. The fourth-order valence-electron chi connectivity index (χ4n) is 2.47. The lowest BCUT2D eigenvalue weighted by atomic mass is 9.96. The molecule has 0 rings (SSSR count). The van der Waals surface area contributed by atoms with E-state index in [2.05, 4.69) is 13.8 Å². The van der Waals surface area contributed by atoms with Crippen molar-refractivity contribution in [3.63, 3.8) is 0 Å². The second kappa shape index (κ2) is 13.1. The molecular weight excluding hydrogens is 220 g/mol. The Morgan fingerprint density at radius 1 is 0.833 bits per heavy atom. The van der Waals surface area contributed by atoms with Crippen molar-refractivity contribution >= 4 is 5.78 Å². The van der Waals surface area contributed by atoms with Gasteiger partial charge in [-0.05, 0) is 19.3 Å². The third-order valence-electron chi connectivity index (χ3n) is 3.78. The maximum Gasteiger partial charge on any atom is 0.129 e. The van der Waals surface area contributed by atoms with Crippen molar-refractivity contribution in [1.29, 1.82) is 0 Å². The predicted molar refractivity (Wildman–Crippen MR) is 80.9 cm³/mol. The normalized spacial score (nSPS) is 12.6. The van der Waals surface area contributed by atoms with Crippen LogP contribution >= 0.6 is 0 Å². The summed E-state index contributed by atoms with van der Waals surface area (Å²) in [7, 11) is 0. The number of rotatable bonds is 13. The van der Waals surface area contributed by atoms with E-state index in [1.807, 2.05) is 0 Å². The first kappa shape index (κ1) is 17.7. The molecule has 0 spiro atoms. The van der Waals surface area contributed by atoms with Gasteiger partial charge in [0, 0.05) is 6.42 Å². The summed E-state index contributed by atoms with van der Waals surface area (Å²) in [4.78, 5) is 10.8. The van der Waals surface area contributed by atoms with Crippen molar-refractivity contribution in [3.05, 3.63) is 0 Å². The maximum absolute atomic E-state index is 10.8. The number of carbonyl (C=O) groups is 1. The zero-order chi connectivity index (χ0) is 13.6. The molecular formula is C17H34O. The van der Waals surface area contributed by atoms with Crippen LogP contribution in [0, 0.1) is 5.92 Å². The lowest BCUT2D eigenvalue weighted by Crippen LogP contribution is -1.97. The van der Waals surface area contributed by atoms with E-state index in [1.165, 1.54) is 64.2 Å². The Bertz CT molecular complexity index is 186. The van der Waals surface area contributed by atoms with Crippen molar-refractivity contribution in [2.75, 3.05) is 0 Å². The van der Waals surface area contributed by atoms with Crippen molar-refractivity contribution < 1.29 is 4.79 Å². The molecule has 0 heterocycles. The van der Waals surface area contributed by atoms with Crippen LogP contribution in [0.2, 0.25) is 0 Å². The van der Waals surface area contributed by atoms with Crippen LogP contribution in [0.4, 0.5) is 0 Å². The SMILES string of the molecule is CCCCCCCCCCC(C)CCCC(C)=O. The van der Waals surface area contributed by atoms with E-state index in [4.69, 9.17) is 0 Å². The molecule has 0 aromatic heterocycles. The van der Waals surface area contributed by atoms with Crippen molar-refractivity contribution in [2.24, 2.45) is 5.92 Å². The second-order valence-electron chi connectivity index (χ2n) is 5.96. The van der Waals surface area contributed by atoms with Crippen LogP contribution in [0.25, 0.3) is 0 Å². The molecule has 1 unspecified atom stereocenters. The van der Waals surface area contributed by atoms with E-state index < -0.39 is 0 Å². The number of hydrogen-bond donors (Lipinski definition) is 0. The standard InChI is InChI=1S/C17H34O/c1-4-5-6-7-8-9-10-11-13-16(2)14-12-15-17(3)18/h16H,4-15H2,1-3H3. The highest BCUT2D eigenvalue weighted by molar-refractivity contribution is 5.75. The molecule has 0 aliphatic carbocycles. The Balaban J connectivity index is 3.15. The van der Waals surface area contributed by atoms with E-state index in [1.54, 1.807) is 6.92 Å². The van der Waals surface area contributed by atoms with Gasteiger partial charge >= 0.3 is 0 Å². The molecule has 0 saturated carbocycles. The van der Waals surface area contributed by atoms with E-state index >= 15 is 0 Å². The number of Topliss-reactive ketones (excluding diaryl/α,β-unsaturated/α-hetero) is 1. The van der Waals surface area contributed by atoms with E-state index in [0.29, 0.717) is 5.78 Å². The molecule has 0 fully saturated rings. The third-order valence-corrected chi connectivity index (χ3v) is 3.78. The second-order valence-corrected chi connectivity index (χ2v) is 5.96. The molecule has 0 saturated heterocycles. The van der Waals surface area contributed by atoms with Crippen molar-refractivity contribution in [1.82, 2.24) is 0 Å². The summed E-state index contributed by atoms with van der Waals surface area (Å²) in [5, 5.41) is 0. The van der Waals surface area contributed by atoms with Crippen LogP contribution in [0.3, 0.4) is 0 Å². The summed E-state index contributed by atoms with van der Waals surface area (Å²) < 4.78 is 0. The summed E-state index contributed by atoms with van der Waals surface area (Å²) in [5.41, 5.74) is 0. The minimum Gasteiger partial charge on any atom is -0.300 e. The van der Waals surface area contributed by atoms with Crippen molar-refractivity contribution in [3.8, 4) is 0 Å². The molecule has 0 aromatic rings. The topological polar surface area (TPSA) is 17.1 Å². The first-order valence-electron chi connectivity index (χ1n) is 8.16. The molecule has 0 aliphatic rings. The Morgan fingerprint density at radius 2 is 1.33 bits per heavy atom. The van der Waals surface area contributed by atoms with Gasteiger partial charge in [-0.3, -0.25) is 0 Å². The molecule has 0 radical (unpaired) electrons. The Labute approximate surface area is 115 Å². The first-order valence-corrected chi connectivity index (χ1v) is 8.16. The predicted octanol–water partition coefficient (Wildman–Crippen LogP) is 5.91. The molecule has 1 nitrogen and oxygen atoms in total. The van der Waals surface area contributed by atoms with Gasteiger partial charge in [-0.15, -0.1) is 0 Å². The lowest BCUT2D eigenvalue weighted by Gasteiger charge is -2.10. The fraction of sp³-hybridized carbons (Fsp3) is 0.941. The van der Waals surface area contributed by atoms with Gasteiger partial charge in [-0.25, -0.2) is 0 Å². The Morgan fingerprint density at radius 3 is 1.89 bits per heavy atom. The first-order chi connectivity index (χ1) is 8.66. The van der Waals surface area contributed by atoms with Gasteiger partial charge in [0.2, 0.25) is 0 Å². The van der Waals surface area contributed by atoms with Gasteiger partial charge in [-0.2, -0.15) is 0 Å². The van der Waals surface area contributed by atoms with Crippen LogP contribution in [0.15, 0.2) is 0 Å². The maximum atomic E-state index is 10.8. The number of carbonyl (C=O) groups excluding carboxylic acids is 1. The van der Waals surface area contributed by atoms with E-state index in [9.17, 15) is 4.79 Å². The highest BCUT2D eigenvalue weighted by Gasteiger charge is 2.03. The highest BCUT2D eigenvalue weighted by Crippen LogP contribution is 2.17. The van der Waals surface area contributed by atoms with E-state index in [-0.39, 0.29) is 0 Å². The minimum atomic E-state index is 0.342. The minimum absolute atomic E-state index is 0.342. The van der Waals surface area contributed by atoms with Crippen molar-refractivity contribution in [2.45, 2.75) is 97.8 Å². The molecule has 0 amide bonds. The monoisotopic (exact) mass is 254 g/mol. The van der Waals surface area contributed by atoms with Gasteiger partial charge in [0.15, 0.2) is 0 Å². The van der Waals surface area contributed by atoms with Gasteiger partial charge in [-0.1, -0.05) is 78.1 Å². The number of ketones is 1. The van der Waals surface area contributed by atoms with Crippen LogP contribution in [-0.2, 0) is 4.79 Å². The summed E-state index contributed by atoms with van der Waals surface area (Å²) in [6, 6.07) is 0. The Kier molecular flexibility index (Phi) is 12.9. The quantitative estimate of drug-likeness (QED) is 0.373. The van der Waals surface area contributed by atoms with Crippen LogP contribution < -0.4 is 0 Å². The summed E-state index contributed by atoms with van der Waals surface area (Å²) in [6.45, 7) is 6.30. The van der Waals surface area contributed by atoms with Gasteiger partial charge in [0.25, 0.3) is 0 Å². The molecule has 108 valence electrons. The average molecular weight is 254 g/mol. The molecule has 0 N–H and O–H groups in total. The molecule has 18 heavy (non-hydrogen) atoms. The number of hydrogen-bond acceptors (Lipinski definition) is 1. The molecule has 0 aromatic carbocycles. The largest absolute Gasteiger partial charge is 0.300 e. The van der Waals surface area contributed by atoms with Crippen LogP contribution in [-0.4, -0.2) is 5.78 Å². The summed E-state index contributed by atoms with van der Waals surface area (Å²) >= 11 is 0. The average Bonchev–Trinajstić information content (AvgIpc) is 2.32. The third kappa shape index (κ3) is 13.7. The van der Waals surface area contributed by atoms with E-state index in [0.717, 1.165) is 18.8 Å². The summed E-state index contributed by atoms with van der Waals surface area (Å²) in [5.74, 6) is 1.15. The van der Waals surface area contributed by atoms with Gasteiger partial charge in [0.1, 0.15) is 5.78 Å². The van der Waals surface area contributed by atoms with Gasteiger partial charge < -0.3 is 4.79 Å². The summed E-state index contributed by atoms with van der Waals surface area (Å²) in [6.07, 6.45) is 15.7. The lowest BCUT2D eigenvalue weighted by molar-refractivity contribution is -0.117. The highest BCUT2D eigenvalue weighted by atomic mass is 16.1. The molecule has 1 atom stereocenters. The van der Waals surface area contributed by atoms with Crippen LogP contribution in [0.5, 0.6) is 0 Å². The fourth-order valence-corrected chi connectivity index (χ4v) is 2.47. The zero-order valence-electron chi connectivity index (χ0n) is 13.0. The molecule has 0 aliphatic heterocycles. The zero-order valence-corrected chi connectivity index (χ0v) is 13.0. The number of unbranched alkanes of at least 4 members (excludes halogenated alkanes) is 7. The molecule has 0 bridgehead atoms. The van der Waals surface area contributed by atoms with Crippen LogP contribution in [0.1, 0.15) is 97.8 Å².